The van der Waals surface area contributed by atoms with Crippen LogP contribution in [0.4, 0.5) is 0 Å². The van der Waals surface area contributed by atoms with Crippen LogP contribution < -0.4 is 19.6 Å². The van der Waals surface area contributed by atoms with Gasteiger partial charge in [0.2, 0.25) is 4.96 Å². The Labute approximate surface area is 197 Å². The Morgan fingerprint density at radius 2 is 1.70 bits per heavy atom. The number of rotatable bonds is 11. The lowest BCUT2D eigenvalue weighted by Crippen LogP contribution is -2.23. The average molecular weight is 464 g/mol. The summed E-state index contributed by atoms with van der Waals surface area (Å²) in [6.45, 7) is 5.68. The van der Waals surface area contributed by atoms with Gasteiger partial charge in [-0.15, -0.1) is 5.10 Å². The predicted molar refractivity (Wildman–Crippen MR) is 133 cm³/mol. The third-order valence-corrected chi connectivity index (χ3v) is 6.23. The molecule has 0 spiro atoms. The molecule has 0 aliphatic carbocycles. The van der Waals surface area contributed by atoms with Crippen LogP contribution in [0.3, 0.4) is 0 Å². The van der Waals surface area contributed by atoms with Crippen LogP contribution in [0.5, 0.6) is 11.5 Å². The van der Waals surface area contributed by atoms with Gasteiger partial charge < -0.3 is 9.47 Å². The fraction of sp³-hybridized carbons (Fsp3) is 0.346. The largest absolute Gasteiger partial charge is 0.494 e. The molecule has 4 aromatic rings. The van der Waals surface area contributed by atoms with Crippen LogP contribution in [-0.4, -0.2) is 27.8 Å². The van der Waals surface area contributed by atoms with Crippen LogP contribution in [-0.2, 0) is 0 Å². The number of ether oxygens (including phenoxy) is 2. The van der Waals surface area contributed by atoms with E-state index < -0.39 is 0 Å². The first-order valence-corrected chi connectivity index (χ1v) is 12.4. The molecule has 172 valence electrons. The topological polar surface area (TPSA) is 65.7 Å². The van der Waals surface area contributed by atoms with E-state index in [2.05, 4.69) is 23.9 Å². The maximum absolute atomic E-state index is 13.0. The quantitative estimate of drug-likeness (QED) is 0.289. The molecule has 0 unspecified atom stereocenters. The summed E-state index contributed by atoms with van der Waals surface area (Å²) in [5.74, 6) is 2.14. The minimum absolute atomic E-state index is 0.173. The number of nitrogens with zero attached hydrogens (tertiary/aromatic N) is 3. The summed E-state index contributed by atoms with van der Waals surface area (Å²) >= 11 is 1.33. The molecule has 0 bridgehead atoms. The second-order valence-corrected chi connectivity index (χ2v) is 8.87. The number of unbranched alkanes of at least 4 members (excludes halogenated alkanes) is 3. The van der Waals surface area contributed by atoms with E-state index in [0.717, 1.165) is 48.5 Å². The number of fused-ring (bicyclic) bond motifs is 1. The molecule has 0 radical (unpaired) electrons. The van der Waals surface area contributed by atoms with Crippen molar-refractivity contribution in [3.63, 3.8) is 0 Å². The van der Waals surface area contributed by atoms with E-state index in [1.807, 2.05) is 54.6 Å². The molecule has 6 nitrogen and oxygen atoms in total. The number of hydrogen-bond acceptors (Lipinski definition) is 6. The van der Waals surface area contributed by atoms with Gasteiger partial charge in [0.05, 0.1) is 17.7 Å². The first kappa shape index (κ1) is 23.0. The molecule has 2 heterocycles. The van der Waals surface area contributed by atoms with Crippen LogP contribution in [0.25, 0.3) is 22.4 Å². The van der Waals surface area contributed by atoms with E-state index in [4.69, 9.17) is 9.47 Å². The second-order valence-electron chi connectivity index (χ2n) is 7.87. The molecule has 2 aromatic carbocycles. The zero-order chi connectivity index (χ0) is 23.0. The highest BCUT2D eigenvalue weighted by Crippen LogP contribution is 2.22. The number of benzene rings is 2. The highest BCUT2D eigenvalue weighted by molar-refractivity contribution is 7.15. The molecule has 0 saturated heterocycles. The summed E-state index contributed by atoms with van der Waals surface area (Å²) in [6, 6.07) is 15.5. The first-order chi connectivity index (χ1) is 16.2. The lowest BCUT2D eigenvalue weighted by atomic mass is 10.2. The van der Waals surface area contributed by atoms with E-state index >= 15 is 0 Å². The van der Waals surface area contributed by atoms with Gasteiger partial charge >= 0.3 is 0 Å². The van der Waals surface area contributed by atoms with Gasteiger partial charge in [-0.3, -0.25) is 4.79 Å². The van der Waals surface area contributed by atoms with E-state index in [0.29, 0.717) is 21.9 Å². The van der Waals surface area contributed by atoms with E-state index in [1.165, 1.54) is 28.7 Å². The summed E-state index contributed by atoms with van der Waals surface area (Å²) in [7, 11) is 0. The molecule has 2 aromatic heterocycles. The molecule has 7 heteroatoms. The van der Waals surface area contributed by atoms with Gasteiger partial charge in [-0.2, -0.15) is 9.50 Å². The lowest BCUT2D eigenvalue weighted by Gasteiger charge is -2.07. The summed E-state index contributed by atoms with van der Waals surface area (Å²) in [4.78, 5) is 18.1. The lowest BCUT2D eigenvalue weighted by molar-refractivity contribution is 0.306. The summed E-state index contributed by atoms with van der Waals surface area (Å²) in [5.41, 5.74) is 1.56. The average Bonchev–Trinajstić information content (AvgIpc) is 3.38. The van der Waals surface area contributed by atoms with E-state index in [-0.39, 0.29) is 5.56 Å². The second kappa shape index (κ2) is 11.1. The van der Waals surface area contributed by atoms with Gasteiger partial charge in [-0.1, -0.05) is 62.6 Å². The maximum Gasteiger partial charge on any atom is 0.291 e. The van der Waals surface area contributed by atoms with Crippen molar-refractivity contribution in [2.24, 2.45) is 0 Å². The summed E-state index contributed by atoms with van der Waals surface area (Å²) in [6.07, 6.45) is 7.31. The molecule has 0 atom stereocenters. The Balaban J connectivity index is 1.54. The fourth-order valence-corrected chi connectivity index (χ4v) is 4.30. The first-order valence-electron chi connectivity index (χ1n) is 11.6. The summed E-state index contributed by atoms with van der Waals surface area (Å²) in [5, 5.41) is 4.46. The molecular formula is C26H29N3O3S. The number of aromatic nitrogens is 3. The van der Waals surface area contributed by atoms with Gasteiger partial charge in [-0.25, -0.2) is 0 Å². The van der Waals surface area contributed by atoms with Crippen molar-refractivity contribution in [1.29, 1.82) is 0 Å². The van der Waals surface area contributed by atoms with Crippen molar-refractivity contribution in [3.05, 3.63) is 69.0 Å². The van der Waals surface area contributed by atoms with E-state index in [9.17, 15) is 4.79 Å². The van der Waals surface area contributed by atoms with Gasteiger partial charge in [0.25, 0.3) is 5.56 Å². The molecule has 0 aliphatic rings. The third kappa shape index (κ3) is 5.60. The molecule has 4 rings (SSSR count). The van der Waals surface area contributed by atoms with Crippen molar-refractivity contribution in [2.45, 2.75) is 46.0 Å². The Bertz CT molecular complexity index is 1290. The molecule has 0 amide bonds. The van der Waals surface area contributed by atoms with Gasteiger partial charge in [0.15, 0.2) is 5.82 Å². The Morgan fingerprint density at radius 1 is 0.939 bits per heavy atom. The van der Waals surface area contributed by atoms with Crippen LogP contribution >= 0.6 is 11.3 Å². The minimum atomic E-state index is -0.173. The fourth-order valence-electron chi connectivity index (χ4n) is 3.40. The summed E-state index contributed by atoms with van der Waals surface area (Å²) < 4.78 is 13.6. The van der Waals surface area contributed by atoms with Crippen molar-refractivity contribution < 1.29 is 9.47 Å². The maximum atomic E-state index is 13.0. The van der Waals surface area contributed by atoms with Crippen molar-refractivity contribution in [1.82, 2.24) is 14.6 Å². The smallest absolute Gasteiger partial charge is 0.291 e. The van der Waals surface area contributed by atoms with Crippen LogP contribution in [0.1, 0.15) is 51.5 Å². The van der Waals surface area contributed by atoms with E-state index in [1.54, 1.807) is 0 Å². The normalized spacial score (nSPS) is 11.9. The Hall–Kier alpha value is -3.19. The van der Waals surface area contributed by atoms with Gasteiger partial charge in [0, 0.05) is 11.1 Å². The molecule has 0 fully saturated rings. The number of hydrogen-bond donors (Lipinski definition) is 0. The van der Waals surface area contributed by atoms with Crippen molar-refractivity contribution in [2.75, 3.05) is 13.2 Å². The van der Waals surface area contributed by atoms with Crippen molar-refractivity contribution in [3.8, 4) is 22.9 Å². The Morgan fingerprint density at radius 3 is 2.45 bits per heavy atom. The number of thiazole rings is 1. The Kier molecular flexibility index (Phi) is 7.73. The van der Waals surface area contributed by atoms with Crippen molar-refractivity contribution >= 4 is 22.4 Å². The highest BCUT2D eigenvalue weighted by Gasteiger charge is 2.13. The standard InChI is InChI=1S/C26H29N3O3S/c1-3-5-9-17-31-21-14-12-19(13-15-21)24-27-26-29(28-24)25(30)23(33-26)18-20-10-7-8-11-22(20)32-16-6-4-2/h7-8,10-15,18H,3-6,9,16-17H2,1-2H3. The van der Waals surface area contributed by atoms with Crippen LogP contribution in [0.15, 0.2) is 53.3 Å². The molecule has 0 saturated carbocycles. The minimum Gasteiger partial charge on any atom is -0.494 e. The monoisotopic (exact) mass is 463 g/mol. The van der Waals surface area contributed by atoms with Gasteiger partial charge in [-0.05, 0) is 49.2 Å². The van der Waals surface area contributed by atoms with Crippen LogP contribution in [0.2, 0.25) is 0 Å². The third-order valence-electron chi connectivity index (χ3n) is 5.27. The zero-order valence-electron chi connectivity index (χ0n) is 19.1. The predicted octanol–water partition coefficient (Wildman–Crippen LogP) is 5.11. The molecule has 0 N–H and O–H groups in total. The highest BCUT2D eigenvalue weighted by atomic mass is 32.1. The zero-order valence-corrected chi connectivity index (χ0v) is 19.9. The molecule has 33 heavy (non-hydrogen) atoms. The SMILES string of the molecule is CCCCCOc1ccc(-c2nc3sc(=Cc4ccccc4OCCCC)c(=O)n3n2)cc1. The molecule has 0 aliphatic heterocycles. The molecular weight excluding hydrogens is 434 g/mol. The number of para-hydroxylation sites is 1. The van der Waals surface area contributed by atoms with Crippen LogP contribution in [0, 0.1) is 0 Å². The van der Waals surface area contributed by atoms with Gasteiger partial charge in [0.1, 0.15) is 11.5 Å².